The zero-order chi connectivity index (χ0) is 22.1. The van der Waals surface area contributed by atoms with Crippen LogP contribution in [0.2, 0.25) is 15.1 Å². The molecule has 0 fully saturated rings. The number of benzene rings is 2. The lowest BCUT2D eigenvalue weighted by Gasteiger charge is -2.11. The number of amides is 1. The van der Waals surface area contributed by atoms with Gasteiger partial charge in [0.1, 0.15) is 0 Å². The normalized spacial score (nSPS) is 15.5. The fourth-order valence-electron chi connectivity index (χ4n) is 3.42. The number of oxime groups is 1. The van der Waals surface area contributed by atoms with Gasteiger partial charge in [0, 0.05) is 17.0 Å². The van der Waals surface area contributed by atoms with E-state index in [1.54, 1.807) is 18.2 Å². The minimum atomic E-state index is -0.733. The van der Waals surface area contributed by atoms with E-state index in [4.69, 9.17) is 39.6 Å². The van der Waals surface area contributed by atoms with Crippen LogP contribution in [0.3, 0.4) is 0 Å². The van der Waals surface area contributed by atoms with Crippen LogP contribution in [0.5, 0.6) is 0 Å². The van der Waals surface area contributed by atoms with Crippen molar-refractivity contribution in [3.8, 4) is 0 Å². The molecule has 1 amide bonds. The maximum atomic E-state index is 12.8. The largest absolute Gasteiger partial charge is 0.382 e. The van der Waals surface area contributed by atoms with Crippen molar-refractivity contribution in [2.45, 2.75) is 32.9 Å². The van der Waals surface area contributed by atoms with Crippen LogP contribution in [0.15, 0.2) is 47.6 Å². The van der Waals surface area contributed by atoms with E-state index in [2.05, 4.69) is 15.6 Å². The molecule has 6 nitrogen and oxygen atoms in total. The third-order valence-electron chi connectivity index (χ3n) is 5.09. The van der Waals surface area contributed by atoms with Crippen molar-refractivity contribution in [1.82, 2.24) is 9.78 Å². The van der Waals surface area contributed by atoms with E-state index in [0.717, 1.165) is 16.8 Å². The molecule has 1 aliphatic heterocycles. The van der Waals surface area contributed by atoms with Crippen molar-refractivity contribution >= 4 is 52.1 Å². The summed E-state index contributed by atoms with van der Waals surface area (Å²) in [6.45, 7) is 4.24. The van der Waals surface area contributed by atoms with Crippen LogP contribution in [0.25, 0.3) is 0 Å². The van der Waals surface area contributed by atoms with E-state index in [1.807, 2.05) is 42.8 Å². The van der Waals surface area contributed by atoms with Gasteiger partial charge in [-0.25, -0.2) is 0 Å². The Morgan fingerprint density at radius 2 is 1.90 bits per heavy atom. The number of hydrogen-bond donors (Lipinski definition) is 1. The van der Waals surface area contributed by atoms with Gasteiger partial charge in [-0.3, -0.25) is 9.48 Å². The van der Waals surface area contributed by atoms with Gasteiger partial charge in [-0.15, -0.1) is 0 Å². The molecule has 0 spiro atoms. The van der Waals surface area contributed by atoms with Gasteiger partial charge >= 0.3 is 0 Å². The highest BCUT2D eigenvalue weighted by Crippen LogP contribution is 2.27. The highest BCUT2D eigenvalue weighted by molar-refractivity contribution is 6.42. The number of carbonyl (C=O) groups is 1. The van der Waals surface area contributed by atoms with Gasteiger partial charge in [0.05, 0.1) is 39.4 Å². The lowest BCUT2D eigenvalue weighted by atomic mass is 10.0. The minimum absolute atomic E-state index is 0.286. The Morgan fingerprint density at radius 3 is 2.65 bits per heavy atom. The lowest BCUT2D eigenvalue weighted by Crippen LogP contribution is -2.28. The predicted molar refractivity (Wildman–Crippen MR) is 123 cm³/mol. The van der Waals surface area contributed by atoms with E-state index in [1.165, 1.54) is 0 Å². The minimum Gasteiger partial charge on any atom is -0.382 e. The number of nitrogens with zero attached hydrogens (tertiary/aromatic N) is 3. The van der Waals surface area contributed by atoms with Crippen molar-refractivity contribution in [2.24, 2.45) is 5.16 Å². The Bertz CT molecular complexity index is 1190. The average molecular weight is 478 g/mol. The van der Waals surface area contributed by atoms with Gasteiger partial charge in [-0.2, -0.15) is 5.10 Å². The summed E-state index contributed by atoms with van der Waals surface area (Å²) >= 11 is 18.3. The van der Waals surface area contributed by atoms with E-state index in [0.29, 0.717) is 45.1 Å². The molecule has 0 radical (unpaired) electrons. The summed E-state index contributed by atoms with van der Waals surface area (Å²) in [4.78, 5) is 18.2. The molecule has 0 unspecified atom stereocenters. The predicted octanol–water partition coefficient (Wildman–Crippen LogP) is 5.64. The van der Waals surface area contributed by atoms with Gasteiger partial charge in [0.25, 0.3) is 5.91 Å². The zero-order valence-electron chi connectivity index (χ0n) is 16.8. The van der Waals surface area contributed by atoms with Gasteiger partial charge in [0.15, 0.2) is 0 Å². The quantitative estimate of drug-likeness (QED) is 0.517. The summed E-state index contributed by atoms with van der Waals surface area (Å²) in [5, 5.41) is 13.1. The van der Waals surface area contributed by atoms with Crippen molar-refractivity contribution in [3.63, 3.8) is 0 Å². The highest BCUT2D eigenvalue weighted by atomic mass is 35.5. The Hall–Kier alpha value is -2.54. The van der Waals surface area contributed by atoms with Crippen molar-refractivity contribution < 1.29 is 9.63 Å². The molecule has 1 aliphatic rings. The third-order valence-corrected chi connectivity index (χ3v) is 6.16. The Morgan fingerprint density at radius 1 is 1.13 bits per heavy atom. The fraction of sp³-hybridized carbons (Fsp3) is 0.227. The van der Waals surface area contributed by atoms with Crippen LogP contribution in [0, 0.1) is 13.8 Å². The number of hydrogen-bond acceptors (Lipinski definition) is 4. The average Bonchev–Trinajstić information content (AvgIpc) is 3.32. The molecule has 2 aromatic carbocycles. The van der Waals surface area contributed by atoms with Gasteiger partial charge < -0.3 is 10.2 Å². The molecule has 160 valence electrons. The summed E-state index contributed by atoms with van der Waals surface area (Å²) in [6.07, 6.45) is -0.395. The second-order valence-electron chi connectivity index (χ2n) is 7.26. The molecule has 31 heavy (non-hydrogen) atoms. The molecule has 0 saturated carbocycles. The molecule has 1 N–H and O–H groups in total. The first-order valence-corrected chi connectivity index (χ1v) is 10.7. The molecule has 0 saturated heterocycles. The van der Waals surface area contributed by atoms with Gasteiger partial charge in [-0.1, -0.05) is 64.2 Å². The molecule has 1 aromatic heterocycles. The first kappa shape index (κ1) is 21.7. The van der Waals surface area contributed by atoms with E-state index < -0.39 is 6.10 Å². The molecular weight excluding hydrogens is 459 g/mol. The second kappa shape index (κ2) is 8.91. The molecule has 1 atom stereocenters. The highest BCUT2D eigenvalue weighted by Gasteiger charge is 2.30. The Kier molecular flexibility index (Phi) is 6.23. The number of rotatable bonds is 5. The maximum Gasteiger partial charge on any atom is 0.268 e. The number of anilines is 1. The Balaban J connectivity index is 1.45. The maximum absolute atomic E-state index is 12.8. The molecule has 2 heterocycles. The molecule has 9 heteroatoms. The first-order valence-electron chi connectivity index (χ1n) is 9.60. The third kappa shape index (κ3) is 4.56. The monoisotopic (exact) mass is 476 g/mol. The summed E-state index contributed by atoms with van der Waals surface area (Å²) in [6, 6.07) is 12.8. The summed E-state index contributed by atoms with van der Waals surface area (Å²) in [5.41, 5.74) is 4.55. The Labute approximate surface area is 194 Å². The smallest absolute Gasteiger partial charge is 0.268 e. The number of halogens is 3. The second-order valence-corrected chi connectivity index (χ2v) is 8.48. The summed E-state index contributed by atoms with van der Waals surface area (Å²) in [5.74, 6) is -0.286. The van der Waals surface area contributed by atoms with Crippen molar-refractivity contribution in [1.29, 1.82) is 0 Å². The molecule has 0 bridgehead atoms. The number of aryl methyl sites for hydroxylation is 1. The zero-order valence-corrected chi connectivity index (χ0v) is 19.1. The van der Waals surface area contributed by atoms with Crippen LogP contribution in [0.1, 0.15) is 28.9 Å². The van der Waals surface area contributed by atoms with E-state index in [9.17, 15) is 4.79 Å². The lowest BCUT2D eigenvalue weighted by molar-refractivity contribution is -0.125. The van der Waals surface area contributed by atoms with Crippen LogP contribution in [0.4, 0.5) is 5.69 Å². The standard InChI is InChI=1S/C22H19Cl3N4O2/c1-12-21(13(2)29(27-12)11-14-7-8-17(24)18(25)9-14)26-22(30)20-10-19(28-31-20)15-5-3-4-6-16(15)23/h3-9,20H,10-11H2,1-2H3,(H,26,30)/t20-/m0/s1. The molecule has 0 aliphatic carbocycles. The summed E-state index contributed by atoms with van der Waals surface area (Å²) in [7, 11) is 0. The van der Waals surface area contributed by atoms with Crippen LogP contribution in [-0.4, -0.2) is 27.5 Å². The topological polar surface area (TPSA) is 68.5 Å². The van der Waals surface area contributed by atoms with E-state index >= 15 is 0 Å². The van der Waals surface area contributed by atoms with Crippen molar-refractivity contribution in [3.05, 3.63) is 80.0 Å². The molecule has 4 rings (SSSR count). The molecular formula is C22H19Cl3N4O2. The van der Waals surface area contributed by atoms with Crippen LogP contribution in [-0.2, 0) is 16.2 Å². The number of nitrogens with one attached hydrogen (secondary N) is 1. The summed E-state index contributed by atoms with van der Waals surface area (Å²) < 4.78 is 1.81. The number of carbonyl (C=O) groups excluding carboxylic acids is 1. The first-order chi connectivity index (χ1) is 14.8. The van der Waals surface area contributed by atoms with Crippen LogP contribution < -0.4 is 5.32 Å². The number of aromatic nitrogens is 2. The van der Waals surface area contributed by atoms with E-state index in [-0.39, 0.29) is 5.91 Å². The molecule has 3 aromatic rings. The fourth-order valence-corrected chi connectivity index (χ4v) is 3.98. The van der Waals surface area contributed by atoms with Crippen molar-refractivity contribution in [2.75, 3.05) is 5.32 Å². The van der Waals surface area contributed by atoms with Gasteiger partial charge in [0.2, 0.25) is 6.10 Å². The SMILES string of the molecule is Cc1nn(Cc2ccc(Cl)c(Cl)c2)c(C)c1NC(=O)[C@@H]1CC(c2ccccc2Cl)=NO1. The van der Waals surface area contributed by atoms with Gasteiger partial charge in [-0.05, 0) is 37.6 Å². The van der Waals surface area contributed by atoms with Crippen LogP contribution >= 0.6 is 34.8 Å².